The molecule has 4 rings (SSSR count). The molecule has 0 unspecified atom stereocenters. The van der Waals surface area contributed by atoms with Gasteiger partial charge in [-0.3, -0.25) is 0 Å². The topological polar surface area (TPSA) is 0 Å². The molecule has 4 aromatic rings. The first-order valence-electron chi connectivity index (χ1n) is 12.2. The normalized spacial score (nSPS) is 12.0. The van der Waals surface area contributed by atoms with Crippen molar-refractivity contribution in [3.8, 4) is 11.1 Å². The van der Waals surface area contributed by atoms with Gasteiger partial charge in [-0.05, 0) is 77.1 Å². The minimum absolute atomic E-state index is 0.0532. The van der Waals surface area contributed by atoms with E-state index in [-0.39, 0.29) is 11.5 Å². The molecule has 0 bridgehead atoms. The predicted molar refractivity (Wildman–Crippen MR) is 138 cm³/mol. The molecule has 0 radical (unpaired) electrons. The summed E-state index contributed by atoms with van der Waals surface area (Å²) < 4.78 is 29.6. The molecule has 0 saturated heterocycles. The van der Waals surface area contributed by atoms with Crippen molar-refractivity contribution in [1.82, 2.24) is 0 Å². The van der Waals surface area contributed by atoms with Gasteiger partial charge in [0, 0.05) is 5.56 Å². The predicted octanol–water partition coefficient (Wildman–Crippen LogP) is 8.72. The zero-order chi connectivity index (χ0) is 23.9. The Morgan fingerprint density at radius 2 is 1.12 bits per heavy atom. The third kappa shape index (κ3) is 5.99. The second-order valence-corrected chi connectivity index (χ2v) is 9.20. The molecule has 34 heavy (non-hydrogen) atoms. The summed E-state index contributed by atoms with van der Waals surface area (Å²) in [6.07, 6.45) is 3.95. The number of benzene rings is 4. The van der Waals surface area contributed by atoms with Gasteiger partial charge in [-0.1, -0.05) is 99.1 Å². The Balaban J connectivity index is 1.38. The van der Waals surface area contributed by atoms with E-state index in [9.17, 15) is 8.78 Å². The fourth-order valence-electron chi connectivity index (χ4n) is 4.51. The van der Waals surface area contributed by atoms with E-state index < -0.39 is 11.6 Å². The largest absolute Gasteiger partial charge is 0.207 e. The lowest BCUT2D eigenvalue weighted by atomic mass is 9.92. The molecular formula is C32H32F2. The van der Waals surface area contributed by atoms with Crippen molar-refractivity contribution in [2.45, 2.75) is 51.9 Å². The monoisotopic (exact) mass is 454 g/mol. The molecule has 0 nitrogen and oxygen atoms in total. The summed E-state index contributed by atoms with van der Waals surface area (Å²) in [5.74, 6) is -0.836. The molecule has 0 aliphatic carbocycles. The average molecular weight is 455 g/mol. The van der Waals surface area contributed by atoms with E-state index >= 15 is 0 Å². The summed E-state index contributed by atoms with van der Waals surface area (Å²) in [5, 5.41) is 0. The Bertz CT molecular complexity index is 1170. The molecule has 0 spiro atoms. The van der Waals surface area contributed by atoms with Gasteiger partial charge in [-0.25, -0.2) is 8.78 Å². The summed E-state index contributed by atoms with van der Waals surface area (Å²) >= 11 is 0. The third-order valence-electron chi connectivity index (χ3n) is 6.56. The maximum absolute atomic E-state index is 14.8. The Morgan fingerprint density at radius 1 is 0.618 bits per heavy atom. The second kappa shape index (κ2) is 11.2. The maximum Gasteiger partial charge on any atom is 0.129 e. The van der Waals surface area contributed by atoms with E-state index in [1.54, 1.807) is 0 Å². The van der Waals surface area contributed by atoms with Crippen LogP contribution in [0.2, 0.25) is 0 Å². The molecule has 0 aromatic heterocycles. The van der Waals surface area contributed by atoms with Crippen LogP contribution in [0.5, 0.6) is 0 Å². The molecule has 174 valence electrons. The van der Waals surface area contributed by atoms with Crippen LogP contribution in [0, 0.1) is 11.6 Å². The average Bonchev–Trinajstić information content (AvgIpc) is 2.86. The van der Waals surface area contributed by atoms with Gasteiger partial charge in [0.15, 0.2) is 0 Å². The van der Waals surface area contributed by atoms with Gasteiger partial charge in [0.05, 0.1) is 0 Å². The standard InChI is InChI=1S/C32H32F2/c1-3-7-24-12-16-28(17-13-24)29-18-14-25(15-19-29)10-11-26-21-31(33)30(32(34)22-26)20-23(2)27-8-5-4-6-9-27/h4-6,8-9,12-19,21-23H,3,7,10-11,20H2,1-2H3/t23-/m1/s1. The first-order valence-corrected chi connectivity index (χ1v) is 12.2. The van der Waals surface area contributed by atoms with Crippen LogP contribution < -0.4 is 0 Å². The smallest absolute Gasteiger partial charge is 0.129 e. The summed E-state index contributed by atoms with van der Waals surface area (Å²) in [5.41, 5.74) is 6.87. The molecule has 1 atom stereocenters. The second-order valence-electron chi connectivity index (χ2n) is 9.20. The number of hydrogen-bond acceptors (Lipinski definition) is 0. The molecule has 0 heterocycles. The van der Waals surface area contributed by atoms with Crippen LogP contribution in [0.4, 0.5) is 8.78 Å². The summed E-state index contributed by atoms with van der Waals surface area (Å²) in [4.78, 5) is 0. The maximum atomic E-state index is 14.8. The summed E-state index contributed by atoms with van der Waals surface area (Å²) in [7, 11) is 0. The highest BCUT2D eigenvalue weighted by Crippen LogP contribution is 2.26. The first kappa shape index (κ1) is 23.9. The molecule has 0 aliphatic rings. The number of rotatable bonds is 9. The molecule has 0 aliphatic heterocycles. The molecule has 4 aromatic carbocycles. The third-order valence-corrected chi connectivity index (χ3v) is 6.56. The lowest BCUT2D eigenvalue weighted by Gasteiger charge is -2.14. The molecule has 0 amide bonds. The highest BCUT2D eigenvalue weighted by molar-refractivity contribution is 5.64. The van der Waals surface area contributed by atoms with E-state index in [1.807, 2.05) is 37.3 Å². The van der Waals surface area contributed by atoms with E-state index in [1.165, 1.54) is 28.8 Å². The first-order chi connectivity index (χ1) is 16.5. The van der Waals surface area contributed by atoms with E-state index in [2.05, 4.69) is 55.5 Å². The summed E-state index contributed by atoms with van der Waals surface area (Å²) in [6, 6.07) is 30.1. The van der Waals surface area contributed by atoms with Crippen molar-refractivity contribution in [2.75, 3.05) is 0 Å². The SMILES string of the molecule is CCCc1ccc(-c2ccc(CCc3cc(F)c(C[C@@H](C)c4ccccc4)c(F)c3)cc2)cc1. The van der Waals surface area contributed by atoms with Crippen LogP contribution in [0.3, 0.4) is 0 Å². The molecule has 0 saturated carbocycles. The summed E-state index contributed by atoms with van der Waals surface area (Å²) in [6.45, 7) is 4.20. The molecule has 0 N–H and O–H groups in total. The van der Waals surface area contributed by atoms with Crippen LogP contribution in [-0.2, 0) is 25.7 Å². The van der Waals surface area contributed by atoms with E-state index in [0.29, 0.717) is 18.4 Å². The van der Waals surface area contributed by atoms with Gasteiger partial charge < -0.3 is 0 Å². The Morgan fingerprint density at radius 3 is 1.65 bits per heavy atom. The van der Waals surface area contributed by atoms with Crippen LogP contribution >= 0.6 is 0 Å². The Hall–Kier alpha value is -3.26. The van der Waals surface area contributed by atoms with Crippen molar-refractivity contribution < 1.29 is 8.78 Å². The van der Waals surface area contributed by atoms with Gasteiger partial charge in [0.2, 0.25) is 0 Å². The van der Waals surface area contributed by atoms with Gasteiger partial charge in [-0.15, -0.1) is 0 Å². The van der Waals surface area contributed by atoms with Crippen molar-refractivity contribution in [3.63, 3.8) is 0 Å². The minimum Gasteiger partial charge on any atom is -0.207 e. The zero-order valence-electron chi connectivity index (χ0n) is 20.0. The highest BCUT2D eigenvalue weighted by Gasteiger charge is 2.15. The van der Waals surface area contributed by atoms with Crippen molar-refractivity contribution in [3.05, 3.63) is 130 Å². The molecular weight excluding hydrogens is 422 g/mol. The van der Waals surface area contributed by atoms with Crippen molar-refractivity contribution >= 4 is 0 Å². The van der Waals surface area contributed by atoms with Crippen molar-refractivity contribution in [2.24, 2.45) is 0 Å². The fraction of sp³-hybridized carbons (Fsp3) is 0.250. The van der Waals surface area contributed by atoms with Gasteiger partial charge in [-0.2, -0.15) is 0 Å². The number of halogens is 2. The van der Waals surface area contributed by atoms with Crippen LogP contribution in [0.15, 0.2) is 91.0 Å². The number of hydrogen-bond donors (Lipinski definition) is 0. The van der Waals surface area contributed by atoms with E-state index in [0.717, 1.165) is 30.4 Å². The fourth-order valence-corrected chi connectivity index (χ4v) is 4.51. The van der Waals surface area contributed by atoms with Gasteiger partial charge >= 0.3 is 0 Å². The number of aryl methyl sites for hydroxylation is 3. The van der Waals surface area contributed by atoms with Gasteiger partial charge in [0.25, 0.3) is 0 Å². The molecule has 0 fully saturated rings. The van der Waals surface area contributed by atoms with Gasteiger partial charge in [0.1, 0.15) is 11.6 Å². The quantitative estimate of drug-likeness (QED) is 0.237. The zero-order valence-corrected chi connectivity index (χ0v) is 20.0. The minimum atomic E-state index is -0.445. The van der Waals surface area contributed by atoms with E-state index in [4.69, 9.17) is 0 Å². The lowest BCUT2D eigenvalue weighted by Crippen LogP contribution is -2.05. The lowest BCUT2D eigenvalue weighted by molar-refractivity contribution is 0.540. The van der Waals surface area contributed by atoms with Crippen LogP contribution in [-0.4, -0.2) is 0 Å². The highest BCUT2D eigenvalue weighted by atomic mass is 19.1. The molecule has 2 heteroatoms. The van der Waals surface area contributed by atoms with Crippen molar-refractivity contribution in [1.29, 1.82) is 0 Å². The van der Waals surface area contributed by atoms with Crippen LogP contribution in [0.1, 0.15) is 54.0 Å². The Kier molecular flexibility index (Phi) is 7.90. The Labute approximate surface area is 202 Å². The van der Waals surface area contributed by atoms with Crippen LogP contribution in [0.25, 0.3) is 11.1 Å².